The van der Waals surface area contributed by atoms with E-state index < -0.39 is 5.91 Å². The van der Waals surface area contributed by atoms with Gasteiger partial charge >= 0.3 is 0 Å². The number of hydrogen-bond donors (Lipinski definition) is 2. The molecule has 2 aliphatic rings. The number of fused-ring (bicyclic) bond motifs is 1. The van der Waals surface area contributed by atoms with Crippen LogP contribution < -0.4 is 10.6 Å². The predicted octanol–water partition coefficient (Wildman–Crippen LogP) is 2.24. The number of benzene rings is 1. The quantitative estimate of drug-likeness (QED) is 0.884. The lowest BCUT2D eigenvalue weighted by atomic mass is 10.1. The number of para-hydroxylation sites is 1. The smallest absolute Gasteiger partial charge is 0.291 e. The summed E-state index contributed by atoms with van der Waals surface area (Å²) in [6.07, 6.45) is 4.67. The van der Waals surface area contributed by atoms with Gasteiger partial charge in [-0.3, -0.25) is 9.59 Å². The summed E-state index contributed by atoms with van der Waals surface area (Å²) in [5.41, 5.74) is 2.01. The molecule has 7 nitrogen and oxygen atoms in total. The summed E-state index contributed by atoms with van der Waals surface area (Å²) in [4.78, 5) is 29.7. The largest absolute Gasteiger partial charge is 0.348 e. The van der Waals surface area contributed by atoms with E-state index in [2.05, 4.69) is 21.7 Å². The van der Waals surface area contributed by atoms with Gasteiger partial charge in [0.25, 0.3) is 11.8 Å². The van der Waals surface area contributed by atoms with Crippen molar-refractivity contribution < 1.29 is 9.59 Å². The van der Waals surface area contributed by atoms with E-state index in [1.54, 1.807) is 24.3 Å². The van der Waals surface area contributed by atoms with E-state index in [1.165, 1.54) is 0 Å². The molecule has 1 aliphatic carbocycles. The van der Waals surface area contributed by atoms with Crippen molar-refractivity contribution in [3.8, 4) is 6.07 Å². The number of carbonyl (C=O) groups is 2. The van der Waals surface area contributed by atoms with Crippen LogP contribution in [-0.4, -0.2) is 27.4 Å². The van der Waals surface area contributed by atoms with Gasteiger partial charge in [0.15, 0.2) is 5.82 Å². The van der Waals surface area contributed by atoms with Gasteiger partial charge in [-0.1, -0.05) is 12.1 Å². The summed E-state index contributed by atoms with van der Waals surface area (Å²) < 4.78 is 1.84. The highest BCUT2D eigenvalue weighted by Crippen LogP contribution is 2.24. The number of anilines is 1. The van der Waals surface area contributed by atoms with Crippen LogP contribution in [-0.2, 0) is 13.0 Å². The van der Waals surface area contributed by atoms with E-state index in [4.69, 9.17) is 0 Å². The van der Waals surface area contributed by atoms with Gasteiger partial charge in [-0.25, -0.2) is 4.98 Å². The molecule has 1 aromatic heterocycles. The van der Waals surface area contributed by atoms with Crippen LogP contribution in [0, 0.1) is 11.3 Å². The predicted molar refractivity (Wildman–Crippen MR) is 94.8 cm³/mol. The minimum absolute atomic E-state index is 0.199. The fourth-order valence-electron chi connectivity index (χ4n) is 3.25. The van der Waals surface area contributed by atoms with Gasteiger partial charge in [0.2, 0.25) is 0 Å². The van der Waals surface area contributed by atoms with E-state index in [0.29, 0.717) is 23.5 Å². The number of imidazole rings is 1. The van der Waals surface area contributed by atoms with Crippen LogP contribution in [0.1, 0.15) is 58.0 Å². The lowest BCUT2D eigenvalue weighted by Crippen LogP contribution is -2.27. The maximum absolute atomic E-state index is 12.8. The highest BCUT2D eigenvalue weighted by molar-refractivity contribution is 6.04. The Kier molecular flexibility index (Phi) is 4.17. The number of carbonyl (C=O) groups excluding carboxylic acids is 2. The molecule has 0 saturated heterocycles. The van der Waals surface area contributed by atoms with Crippen LogP contribution in [0.15, 0.2) is 24.3 Å². The van der Waals surface area contributed by atoms with Crippen molar-refractivity contribution in [3.63, 3.8) is 0 Å². The highest BCUT2D eigenvalue weighted by Gasteiger charge is 2.30. The van der Waals surface area contributed by atoms with Gasteiger partial charge in [0.05, 0.1) is 16.9 Å². The second kappa shape index (κ2) is 6.64. The molecule has 2 N–H and O–H groups in total. The van der Waals surface area contributed by atoms with Crippen molar-refractivity contribution in [2.45, 2.75) is 44.7 Å². The molecule has 0 atom stereocenters. The lowest BCUT2D eigenvalue weighted by molar-refractivity contribution is 0.0945. The fourth-order valence-corrected chi connectivity index (χ4v) is 3.25. The van der Waals surface area contributed by atoms with E-state index in [0.717, 1.165) is 37.8 Å². The van der Waals surface area contributed by atoms with E-state index in [9.17, 15) is 14.9 Å². The average molecular weight is 349 g/mol. The molecule has 4 rings (SSSR count). The maximum Gasteiger partial charge on any atom is 0.291 e. The SMILES string of the molecule is N#Cc1ccccc1NC(=O)c1nc(C(=O)NC2CC2)c2n1CCCC2. The molecular weight excluding hydrogens is 330 g/mol. The van der Waals surface area contributed by atoms with Crippen LogP contribution >= 0.6 is 0 Å². The molecule has 26 heavy (non-hydrogen) atoms. The Morgan fingerprint density at radius 2 is 2.00 bits per heavy atom. The zero-order valence-corrected chi connectivity index (χ0v) is 14.3. The Labute approximate surface area is 151 Å². The van der Waals surface area contributed by atoms with Gasteiger partial charge in [-0.15, -0.1) is 0 Å². The molecule has 2 amide bonds. The summed E-state index contributed by atoms with van der Waals surface area (Å²) >= 11 is 0. The third-order valence-corrected chi connectivity index (χ3v) is 4.74. The minimum atomic E-state index is -0.402. The zero-order chi connectivity index (χ0) is 18.1. The Bertz CT molecular complexity index is 920. The molecular formula is C19H19N5O2. The third-order valence-electron chi connectivity index (χ3n) is 4.74. The Morgan fingerprint density at radius 3 is 2.77 bits per heavy atom. The first-order valence-corrected chi connectivity index (χ1v) is 8.88. The Hall–Kier alpha value is -3.14. The number of nitriles is 1. The molecule has 1 aliphatic heterocycles. The van der Waals surface area contributed by atoms with E-state index in [-0.39, 0.29) is 17.8 Å². The first-order chi connectivity index (χ1) is 12.7. The van der Waals surface area contributed by atoms with Crippen molar-refractivity contribution in [2.75, 3.05) is 5.32 Å². The second-order valence-electron chi connectivity index (χ2n) is 6.70. The number of hydrogen-bond acceptors (Lipinski definition) is 4. The van der Waals surface area contributed by atoms with Crippen molar-refractivity contribution in [1.82, 2.24) is 14.9 Å². The molecule has 132 valence electrons. The topological polar surface area (TPSA) is 99.8 Å². The van der Waals surface area contributed by atoms with Gasteiger partial charge in [0.1, 0.15) is 11.8 Å². The number of nitrogens with zero attached hydrogens (tertiary/aromatic N) is 3. The fraction of sp³-hybridized carbons (Fsp3) is 0.368. The summed E-state index contributed by atoms with van der Waals surface area (Å²) in [5.74, 6) is -0.371. The molecule has 0 spiro atoms. The van der Waals surface area contributed by atoms with Gasteiger partial charge in [-0.05, 0) is 44.2 Å². The molecule has 0 radical (unpaired) electrons. The molecule has 0 unspecified atom stereocenters. The van der Waals surface area contributed by atoms with Gasteiger partial charge in [-0.2, -0.15) is 5.26 Å². The number of aromatic nitrogens is 2. The van der Waals surface area contributed by atoms with Crippen molar-refractivity contribution in [1.29, 1.82) is 5.26 Å². The van der Waals surface area contributed by atoms with Crippen LogP contribution in [0.25, 0.3) is 0 Å². The normalized spacial score (nSPS) is 15.7. The average Bonchev–Trinajstić information content (AvgIpc) is 3.38. The molecule has 7 heteroatoms. The van der Waals surface area contributed by atoms with Crippen LogP contribution in [0.2, 0.25) is 0 Å². The number of amides is 2. The van der Waals surface area contributed by atoms with Crippen LogP contribution in [0.4, 0.5) is 5.69 Å². The van der Waals surface area contributed by atoms with Crippen molar-refractivity contribution in [3.05, 3.63) is 47.0 Å². The molecule has 2 aromatic rings. The lowest BCUT2D eigenvalue weighted by Gasteiger charge is -2.17. The summed E-state index contributed by atoms with van der Waals surface area (Å²) in [7, 11) is 0. The van der Waals surface area contributed by atoms with Crippen molar-refractivity contribution in [2.24, 2.45) is 0 Å². The Balaban J connectivity index is 1.65. The number of rotatable bonds is 4. The van der Waals surface area contributed by atoms with E-state index >= 15 is 0 Å². The Morgan fingerprint density at radius 1 is 1.19 bits per heavy atom. The minimum Gasteiger partial charge on any atom is -0.348 e. The maximum atomic E-state index is 12.8. The molecule has 1 fully saturated rings. The molecule has 2 heterocycles. The zero-order valence-electron chi connectivity index (χ0n) is 14.3. The molecule has 0 bridgehead atoms. The van der Waals surface area contributed by atoms with Gasteiger partial charge in [0, 0.05) is 12.6 Å². The molecule has 1 saturated carbocycles. The third kappa shape index (κ3) is 3.06. The van der Waals surface area contributed by atoms with Crippen LogP contribution in [0.5, 0.6) is 0 Å². The molecule has 1 aromatic carbocycles. The van der Waals surface area contributed by atoms with E-state index in [1.807, 2.05) is 4.57 Å². The second-order valence-corrected chi connectivity index (χ2v) is 6.70. The highest BCUT2D eigenvalue weighted by atomic mass is 16.2. The first kappa shape index (κ1) is 16.3. The summed E-state index contributed by atoms with van der Waals surface area (Å²) in [6.45, 7) is 0.668. The van der Waals surface area contributed by atoms with Gasteiger partial charge < -0.3 is 15.2 Å². The van der Waals surface area contributed by atoms with Crippen LogP contribution in [0.3, 0.4) is 0 Å². The van der Waals surface area contributed by atoms with Crippen molar-refractivity contribution >= 4 is 17.5 Å². The first-order valence-electron chi connectivity index (χ1n) is 8.88. The summed E-state index contributed by atoms with van der Waals surface area (Å²) in [5, 5.41) is 14.9. The summed E-state index contributed by atoms with van der Waals surface area (Å²) in [6, 6.07) is 9.12. The monoisotopic (exact) mass is 349 g/mol. The number of nitrogens with one attached hydrogen (secondary N) is 2. The standard InChI is InChI=1S/C19H19N5O2/c20-11-12-5-1-2-6-14(12)22-19(26)17-23-16(18(25)21-13-8-9-13)15-7-3-4-10-24(15)17/h1-2,5-6,13H,3-4,7-10H2,(H,21,25)(H,22,26).